The number of carbonyl (C=O) groups is 2. The van der Waals surface area contributed by atoms with Gasteiger partial charge in [-0.2, -0.15) is 0 Å². The zero-order valence-electron chi connectivity index (χ0n) is 22.8. The fraction of sp³-hybridized carbons (Fsp3) is 0.276. The Morgan fingerprint density at radius 1 is 1.12 bits per heavy atom. The minimum Gasteiger partial charge on any atom is -0.376 e. The van der Waals surface area contributed by atoms with Crippen LogP contribution < -0.4 is 10.2 Å². The summed E-state index contributed by atoms with van der Waals surface area (Å²) >= 11 is 0. The molecule has 0 radical (unpaired) electrons. The number of benzene rings is 3. The number of aromatic nitrogens is 7. The monoisotopic (exact) mass is 569 g/mol. The summed E-state index contributed by atoms with van der Waals surface area (Å²) in [5, 5.41) is 22.7. The van der Waals surface area contributed by atoms with E-state index in [4.69, 9.17) is 4.74 Å². The summed E-state index contributed by atoms with van der Waals surface area (Å²) in [5.74, 6) is -1.29. The number of rotatable bonds is 9. The fourth-order valence-electron chi connectivity index (χ4n) is 5.17. The van der Waals surface area contributed by atoms with Crippen LogP contribution in [0.5, 0.6) is 0 Å². The smallest absolute Gasteiger partial charge is 0.249 e. The van der Waals surface area contributed by atoms with Crippen LogP contribution in [0.2, 0.25) is 0 Å². The topological polar surface area (TPSA) is 133 Å². The Hall–Kier alpha value is -5.04. The van der Waals surface area contributed by atoms with Crippen LogP contribution in [-0.2, 0) is 20.9 Å². The van der Waals surface area contributed by atoms with Gasteiger partial charge in [-0.25, -0.2) is 13.8 Å². The Labute approximate surface area is 240 Å². The van der Waals surface area contributed by atoms with E-state index in [-0.39, 0.29) is 12.6 Å². The highest BCUT2D eigenvalue weighted by molar-refractivity contribution is 6.01. The van der Waals surface area contributed by atoms with Crippen molar-refractivity contribution in [3.8, 4) is 5.69 Å². The largest absolute Gasteiger partial charge is 0.376 e. The van der Waals surface area contributed by atoms with Crippen molar-refractivity contribution in [2.75, 3.05) is 18.1 Å². The van der Waals surface area contributed by atoms with Crippen molar-refractivity contribution >= 4 is 28.5 Å². The second-order valence-electron chi connectivity index (χ2n) is 10.1. The average Bonchev–Trinajstić information content (AvgIpc) is 3.79. The van der Waals surface area contributed by atoms with E-state index in [1.165, 1.54) is 44.9 Å². The normalized spacial score (nSPS) is 15.5. The number of aryl methyl sites for hydroxylation is 1. The summed E-state index contributed by atoms with van der Waals surface area (Å²) in [5.41, 5.74) is 3.70. The number of nitrogens with zero attached hydrogens (tertiary/aromatic N) is 8. The van der Waals surface area contributed by atoms with E-state index < -0.39 is 23.7 Å². The lowest BCUT2D eigenvalue weighted by Gasteiger charge is -2.32. The second-order valence-corrected chi connectivity index (χ2v) is 10.1. The molecule has 0 bridgehead atoms. The van der Waals surface area contributed by atoms with Gasteiger partial charge in [0.25, 0.3) is 0 Å². The van der Waals surface area contributed by atoms with Crippen molar-refractivity contribution in [2.24, 2.45) is 0 Å². The standard InChI is InChI=1S/C29H28FN9O3/c1-19-15-22(12-13-25(19)38-18-32-34-36-38)39(27(40)17-37-26-7-3-2-6-24(26)33-35-37)28(20-8-10-21(30)11-9-20)29(41)31-16-23-5-4-14-42-23/h2-3,6-13,15,18,23,28H,4-5,14,16-17H2,1H3,(H,31,41)/t23-,28-/m0/s1. The summed E-state index contributed by atoms with van der Waals surface area (Å²) in [6, 6.07) is 17.1. The van der Waals surface area contributed by atoms with Crippen molar-refractivity contribution < 1.29 is 18.7 Å². The highest BCUT2D eigenvalue weighted by Gasteiger charge is 2.34. The first-order valence-electron chi connectivity index (χ1n) is 13.6. The molecule has 0 unspecified atom stereocenters. The number of fused-ring (bicyclic) bond motifs is 1. The third-order valence-corrected chi connectivity index (χ3v) is 7.25. The molecule has 2 amide bonds. The molecule has 1 aliphatic heterocycles. The molecule has 2 atom stereocenters. The number of anilines is 1. The van der Waals surface area contributed by atoms with Gasteiger partial charge in [-0.15, -0.1) is 10.2 Å². The number of amides is 2. The predicted octanol–water partition coefficient (Wildman–Crippen LogP) is 2.92. The highest BCUT2D eigenvalue weighted by atomic mass is 19.1. The minimum atomic E-state index is -1.12. The van der Waals surface area contributed by atoms with E-state index in [1.54, 1.807) is 18.2 Å². The van der Waals surface area contributed by atoms with Crippen LogP contribution in [0.25, 0.3) is 16.7 Å². The Kier molecular flexibility index (Phi) is 7.64. The van der Waals surface area contributed by atoms with Crippen molar-refractivity contribution in [1.29, 1.82) is 0 Å². The fourth-order valence-corrected chi connectivity index (χ4v) is 5.17. The van der Waals surface area contributed by atoms with Crippen LogP contribution in [0, 0.1) is 12.7 Å². The zero-order chi connectivity index (χ0) is 29.1. The summed E-state index contributed by atoms with van der Waals surface area (Å²) < 4.78 is 22.7. The van der Waals surface area contributed by atoms with Crippen LogP contribution in [0.3, 0.4) is 0 Å². The molecule has 1 N–H and O–H groups in total. The molecule has 214 valence electrons. The van der Waals surface area contributed by atoms with E-state index in [9.17, 15) is 14.0 Å². The summed E-state index contributed by atoms with van der Waals surface area (Å²) in [6.07, 6.45) is 3.12. The molecule has 0 aliphatic carbocycles. The molecular formula is C29H28FN9O3. The van der Waals surface area contributed by atoms with Crippen molar-refractivity contribution in [3.05, 3.63) is 90.0 Å². The molecule has 42 heavy (non-hydrogen) atoms. The molecule has 5 aromatic rings. The molecule has 2 aromatic heterocycles. The van der Waals surface area contributed by atoms with Gasteiger partial charge in [0.05, 0.1) is 17.3 Å². The molecule has 13 heteroatoms. The van der Waals surface area contributed by atoms with Gasteiger partial charge >= 0.3 is 0 Å². The third kappa shape index (κ3) is 5.59. The Morgan fingerprint density at radius 2 is 1.95 bits per heavy atom. The molecule has 0 spiro atoms. The number of nitrogens with one attached hydrogen (secondary N) is 1. The van der Waals surface area contributed by atoms with Crippen molar-refractivity contribution in [1.82, 2.24) is 40.5 Å². The predicted molar refractivity (Wildman–Crippen MR) is 150 cm³/mol. The van der Waals surface area contributed by atoms with Crippen LogP contribution in [-0.4, -0.2) is 66.3 Å². The van der Waals surface area contributed by atoms with E-state index in [0.29, 0.717) is 41.1 Å². The lowest BCUT2D eigenvalue weighted by molar-refractivity contribution is -0.127. The Balaban J connectivity index is 1.42. The maximum atomic E-state index is 14.2. The number of hydrogen-bond acceptors (Lipinski definition) is 8. The van der Waals surface area contributed by atoms with Gasteiger partial charge in [0.15, 0.2) is 0 Å². The number of para-hydroxylation sites is 1. The Morgan fingerprint density at radius 3 is 2.69 bits per heavy atom. The molecule has 1 fully saturated rings. The first kappa shape index (κ1) is 27.1. The van der Waals surface area contributed by atoms with Gasteiger partial charge in [0.2, 0.25) is 11.8 Å². The molecule has 1 aliphatic rings. The van der Waals surface area contributed by atoms with Crippen molar-refractivity contribution in [2.45, 2.75) is 38.5 Å². The highest BCUT2D eigenvalue weighted by Crippen LogP contribution is 2.31. The molecule has 12 nitrogen and oxygen atoms in total. The molecule has 6 rings (SSSR count). The number of tetrazole rings is 1. The van der Waals surface area contributed by atoms with E-state index in [1.807, 2.05) is 31.2 Å². The first-order chi connectivity index (χ1) is 20.5. The molecule has 3 heterocycles. The number of ether oxygens (including phenoxy) is 1. The van der Waals surface area contributed by atoms with E-state index >= 15 is 0 Å². The third-order valence-electron chi connectivity index (χ3n) is 7.25. The van der Waals surface area contributed by atoms with Crippen LogP contribution in [0.4, 0.5) is 10.1 Å². The summed E-state index contributed by atoms with van der Waals surface area (Å²) in [4.78, 5) is 29.6. The number of carbonyl (C=O) groups excluding carboxylic acids is 2. The van der Waals surface area contributed by atoms with Gasteiger partial charge < -0.3 is 10.1 Å². The lowest BCUT2D eigenvalue weighted by atomic mass is 10.0. The number of hydrogen-bond donors (Lipinski definition) is 1. The maximum absolute atomic E-state index is 14.2. The SMILES string of the molecule is Cc1cc(N(C(=O)Cn2nnc3ccccc32)[C@H](C(=O)NC[C@@H]2CCCO2)c2ccc(F)cc2)ccc1-n1cnnn1. The van der Waals surface area contributed by atoms with E-state index in [0.717, 1.165) is 18.4 Å². The van der Waals surface area contributed by atoms with Gasteiger partial charge in [-0.3, -0.25) is 14.5 Å². The summed E-state index contributed by atoms with van der Waals surface area (Å²) in [7, 11) is 0. The van der Waals surface area contributed by atoms with E-state index in [2.05, 4.69) is 31.2 Å². The van der Waals surface area contributed by atoms with Gasteiger partial charge in [-0.05, 0) is 83.8 Å². The molecule has 3 aromatic carbocycles. The van der Waals surface area contributed by atoms with Crippen LogP contribution in [0.15, 0.2) is 73.1 Å². The molecule has 1 saturated heterocycles. The quantitative estimate of drug-likeness (QED) is 0.287. The Bertz CT molecular complexity index is 1700. The lowest BCUT2D eigenvalue weighted by Crippen LogP contribution is -2.46. The minimum absolute atomic E-state index is 0.105. The molecular weight excluding hydrogens is 541 g/mol. The van der Waals surface area contributed by atoms with Crippen molar-refractivity contribution in [3.63, 3.8) is 0 Å². The summed E-state index contributed by atoms with van der Waals surface area (Å²) in [6.45, 7) is 2.61. The molecule has 0 saturated carbocycles. The van der Waals surface area contributed by atoms with Gasteiger partial charge in [0, 0.05) is 18.8 Å². The number of halogens is 1. The second kappa shape index (κ2) is 11.8. The van der Waals surface area contributed by atoms with Crippen LogP contribution in [0.1, 0.15) is 30.0 Å². The maximum Gasteiger partial charge on any atom is 0.249 e. The first-order valence-corrected chi connectivity index (χ1v) is 13.6. The van der Waals surface area contributed by atoms with Crippen LogP contribution >= 0.6 is 0 Å². The van der Waals surface area contributed by atoms with Gasteiger partial charge in [0.1, 0.15) is 30.2 Å². The van der Waals surface area contributed by atoms with Gasteiger partial charge in [-0.1, -0.05) is 29.5 Å². The zero-order valence-corrected chi connectivity index (χ0v) is 22.8. The average molecular weight is 570 g/mol.